The quantitative estimate of drug-likeness (QED) is 0.816. The van der Waals surface area contributed by atoms with Crippen molar-refractivity contribution >= 4 is 17.6 Å². The van der Waals surface area contributed by atoms with Gasteiger partial charge in [0.05, 0.1) is 5.69 Å². The van der Waals surface area contributed by atoms with Gasteiger partial charge in [0.1, 0.15) is 5.76 Å². The molecule has 0 spiro atoms. The maximum absolute atomic E-state index is 11.9. The van der Waals surface area contributed by atoms with E-state index < -0.39 is 5.97 Å². The summed E-state index contributed by atoms with van der Waals surface area (Å²) in [5.41, 5.74) is 5.08. The van der Waals surface area contributed by atoms with Crippen molar-refractivity contribution in [1.82, 2.24) is 5.16 Å². The zero-order chi connectivity index (χ0) is 17.8. The lowest BCUT2D eigenvalue weighted by atomic mass is 10.1. The Labute approximate surface area is 146 Å². The molecule has 0 radical (unpaired) electrons. The molecular weight excluding hydrogens is 320 g/mol. The normalized spacial score (nSPS) is 12.7. The Hall–Kier alpha value is -2.63. The van der Waals surface area contributed by atoms with Crippen molar-refractivity contribution in [2.75, 3.05) is 11.9 Å². The molecule has 25 heavy (non-hydrogen) atoms. The maximum atomic E-state index is 11.9. The number of aromatic nitrogens is 1. The Bertz CT molecular complexity index is 775. The molecule has 2 aromatic rings. The highest BCUT2D eigenvalue weighted by Crippen LogP contribution is 2.24. The summed E-state index contributed by atoms with van der Waals surface area (Å²) in [6.45, 7) is 3.36. The fourth-order valence-corrected chi connectivity index (χ4v) is 3.15. The minimum absolute atomic E-state index is 0.190. The number of hydrogen-bond acceptors (Lipinski definition) is 5. The highest BCUT2D eigenvalue weighted by atomic mass is 16.5. The first-order chi connectivity index (χ1) is 12.0. The Balaban J connectivity index is 1.43. The number of aryl methyl sites for hydroxylation is 4. The zero-order valence-electron chi connectivity index (χ0n) is 14.6. The van der Waals surface area contributed by atoms with E-state index in [2.05, 4.69) is 10.5 Å². The van der Waals surface area contributed by atoms with Crippen molar-refractivity contribution in [1.29, 1.82) is 0 Å². The minimum Gasteiger partial charge on any atom is -0.456 e. The fraction of sp³-hybridized carbons (Fsp3) is 0.421. The summed E-state index contributed by atoms with van der Waals surface area (Å²) in [5.74, 6) is -0.0348. The first-order valence-corrected chi connectivity index (χ1v) is 8.52. The van der Waals surface area contributed by atoms with Crippen molar-refractivity contribution in [3.63, 3.8) is 0 Å². The number of anilines is 1. The van der Waals surface area contributed by atoms with Crippen LogP contribution in [0.1, 0.15) is 41.0 Å². The van der Waals surface area contributed by atoms with Crippen LogP contribution in [0.25, 0.3) is 0 Å². The van der Waals surface area contributed by atoms with E-state index in [-0.39, 0.29) is 18.9 Å². The van der Waals surface area contributed by atoms with Crippen LogP contribution >= 0.6 is 0 Å². The van der Waals surface area contributed by atoms with Gasteiger partial charge in [0.15, 0.2) is 6.61 Å². The van der Waals surface area contributed by atoms with E-state index >= 15 is 0 Å². The average molecular weight is 342 g/mol. The molecule has 1 heterocycles. The molecule has 0 saturated heterocycles. The van der Waals surface area contributed by atoms with Gasteiger partial charge in [-0.3, -0.25) is 9.59 Å². The van der Waals surface area contributed by atoms with Crippen molar-refractivity contribution in [3.8, 4) is 0 Å². The van der Waals surface area contributed by atoms with Gasteiger partial charge in [0.2, 0.25) is 0 Å². The van der Waals surface area contributed by atoms with Gasteiger partial charge < -0.3 is 14.6 Å². The van der Waals surface area contributed by atoms with E-state index in [4.69, 9.17) is 9.26 Å². The highest BCUT2D eigenvalue weighted by Gasteiger charge is 2.14. The number of carbonyl (C=O) groups excluding carboxylic acids is 2. The number of esters is 1. The van der Waals surface area contributed by atoms with Crippen molar-refractivity contribution in [2.45, 2.75) is 46.0 Å². The molecule has 1 aromatic carbocycles. The van der Waals surface area contributed by atoms with Gasteiger partial charge in [-0.2, -0.15) is 0 Å². The molecule has 6 heteroatoms. The van der Waals surface area contributed by atoms with Crippen molar-refractivity contribution in [3.05, 3.63) is 46.3 Å². The van der Waals surface area contributed by atoms with E-state index in [1.807, 2.05) is 32.0 Å². The Morgan fingerprint density at radius 1 is 1.24 bits per heavy atom. The molecule has 1 aromatic heterocycles. The molecule has 0 bridgehead atoms. The largest absolute Gasteiger partial charge is 0.456 e. The first kappa shape index (κ1) is 17.2. The monoisotopic (exact) mass is 342 g/mol. The third-order valence-corrected chi connectivity index (χ3v) is 4.51. The molecular formula is C19H22N2O4. The second-order valence-electron chi connectivity index (χ2n) is 6.35. The summed E-state index contributed by atoms with van der Waals surface area (Å²) in [6.07, 6.45) is 4.00. The summed E-state index contributed by atoms with van der Waals surface area (Å²) in [6, 6.07) is 5.94. The van der Waals surface area contributed by atoms with Crippen LogP contribution in [0.15, 0.2) is 22.7 Å². The molecule has 0 unspecified atom stereocenters. The van der Waals surface area contributed by atoms with E-state index in [0.29, 0.717) is 12.2 Å². The van der Waals surface area contributed by atoms with E-state index in [1.54, 1.807) is 0 Å². The number of benzene rings is 1. The van der Waals surface area contributed by atoms with Crippen LogP contribution in [0.3, 0.4) is 0 Å². The van der Waals surface area contributed by atoms with Gasteiger partial charge in [0, 0.05) is 17.7 Å². The average Bonchev–Trinajstić information content (AvgIpc) is 3.17. The Kier molecular flexibility index (Phi) is 5.16. The Morgan fingerprint density at radius 2 is 2.04 bits per heavy atom. The molecule has 1 aliphatic carbocycles. The SMILES string of the molecule is Cc1noc(C)c1CCC(=O)OCC(=O)Nc1ccc2c(c1)CCC2. The number of hydrogen-bond donors (Lipinski definition) is 1. The fourth-order valence-electron chi connectivity index (χ4n) is 3.15. The van der Waals surface area contributed by atoms with Gasteiger partial charge in [0.25, 0.3) is 5.91 Å². The predicted molar refractivity (Wildman–Crippen MR) is 92.4 cm³/mol. The number of amides is 1. The lowest BCUT2D eigenvalue weighted by Crippen LogP contribution is -2.21. The van der Waals surface area contributed by atoms with Crippen LogP contribution in [0.2, 0.25) is 0 Å². The van der Waals surface area contributed by atoms with Crippen LogP contribution in [0, 0.1) is 13.8 Å². The van der Waals surface area contributed by atoms with Crippen molar-refractivity contribution < 1.29 is 18.8 Å². The van der Waals surface area contributed by atoms with Gasteiger partial charge in [-0.25, -0.2) is 0 Å². The van der Waals surface area contributed by atoms with Gasteiger partial charge in [-0.05, 0) is 62.8 Å². The number of nitrogens with zero attached hydrogens (tertiary/aromatic N) is 1. The summed E-state index contributed by atoms with van der Waals surface area (Å²) < 4.78 is 10.1. The molecule has 1 amide bonds. The van der Waals surface area contributed by atoms with Crippen LogP contribution < -0.4 is 5.32 Å². The van der Waals surface area contributed by atoms with E-state index in [1.165, 1.54) is 11.1 Å². The molecule has 0 aliphatic heterocycles. The molecule has 132 valence electrons. The van der Waals surface area contributed by atoms with Crippen LogP contribution in [0.4, 0.5) is 5.69 Å². The number of fused-ring (bicyclic) bond motifs is 1. The summed E-state index contributed by atoms with van der Waals surface area (Å²) in [7, 11) is 0. The molecule has 0 fully saturated rings. The van der Waals surface area contributed by atoms with E-state index in [9.17, 15) is 9.59 Å². The minimum atomic E-state index is -0.413. The predicted octanol–water partition coefficient (Wildman–Crippen LogP) is 2.89. The molecule has 3 rings (SSSR count). The molecule has 1 N–H and O–H groups in total. The Morgan fingerprint density at radius 3 is 2.80 bits per heavy atom. The molecule has 6 nitrogen and oxygen atoms in total. The third-order valence-electron chi connectivity index (χ3n) is 4.51. The number of carbonyl (C=O) groups is 2. The summed E-state index contributed by atoms with van der Waals surface area (Å²) >= 11 is 0. The van der Waals surface area contributed by atoms with Crippen LogP contribution in [-0.4, -0.2) is 23.6 Å². The molecule has 0 saturated carbocycles. The number of nitrogens with one attached hydrogen (secondary N) is 1. The van der Waals surface area contributed by atoms with Crippen LogP contribution in [-0.2, 0) is 33.6 Å². The second kappa shape index (κ2) is 7.51. The summed E-state index contributed by atoms with van der Waals surface area (Å²) in [5, 5.41) is 6.62. The lowest BCUT2D eigenvalue weighted by molar-refractivity contribution is -0.147. The first-order valence-electron chi connectivity index (χ1n) is 8.52. The number of ether oxygens (including phenoxy) is 1. The van der Waals surface area contributed by atoms with Crippen molar-refractivity contribution in [2.24, 2.45) is 0 Å². The number of rotatable bonds is 6. The van der Waals surface area contributed by atoms with Gasteiger partial charge >= 0.3 is 5.97 Å². The zero-order valence-corrected chi connectivity index (χ0v) is 14.6. The lowest BCUT2D eigenvalue weighted by Gasteiger charge is -2.08. The molecule has 1 aliphatic rings. The maximum Gasteiger partial charge on any atom is 0.306 e. The standard InChI is InChI=1S/C19H22N2O4/c1-12-17(13(2)25-21-12)8-9-19(23)24-11-18(22)20-16-7-6-14-4-3-5-15(14)10-16/h6-7,10H,3-5,8-9,11H2,1-2H3,(H,20,22). The topological polar surface area (TPSA) is 81.4 Å². The molecule has 0 atom stereocenters. The smallest absolute Gasteiger partial charge is 0.306 e. The summed E-state index contributed by atoms with van der Waals surface area (Å²) in [4.78, 5) is 23.8. The van der Waals surface area contributed by atoms with Gasteiger partial charge in [-0.15, -0.1) is 0 Å². The van der Waals surface area contributed by atoms with Crippen LogP contribution in [0.5, 0.6) is 0 Å². The highest BCUT2D eigenvalue weighted by molar-refractivity contribution is 5.92. The van der Waals surface area contributed by atoms with Gasteiger partial charge in [-0.1, -0.05) is 11.2 Å². The third kappa shape index (κ3) is 4.26. The van der Waals surface area contributed by atoms with E-state index in [0.717, 1.165) is 36.2 Å². The second-order valence-corrected chi connectivity index (χ2v) is 6.35.